The Hall–Kier alpha value is -2.28. The molecule has 0 atom stereocenters. The third kappa shape index (κ3) is 7.32. The molecule has 0 bridgehead atoms. The van der Waals surface area contributed by atoms with Crippen molar-refractivity contribution in [2.75, 3.05) is 35.0 Å². The van der Waals surface area contributed by atoms with Crippen LogP contribution >= 0.6 is 47.8 Å². The highest BCUT2D eigenvalue weighted by molar-refractivity contribution is 9.11. The maximum Gasteiger partial charge on any atom is 0.323 e. The lowest BCUT2D eigenvalue weighted by atomic mass is 9.75. The van der Waals surface area contributed by atoms with E-state index in [2.05, 4.69) is 67.5 Å². The second-order valence-electron chi connectivity index (χ2n) is 8.65. The van der Waals surface area contributed by atoms with Gasteiger partial charge >= 0.3 is 23.9 Å². The minimum atomic E-state index is -1.79. The van der Waals surface area contributed by atoms with Crippen molar-refractivity contribution in [1.82, 2.24) is 0 Å². The van der Waals surface area contributed by atoms with E-state index in [1.807, 2.05) is 0 Å². The molecule has 0 unspecified atom stereocenters. The van der Waals surface area contributed by atoms with E-state index < -0.39 is 34.7 Å². The van der Waals surface area contributed by atoms with Crippen LogP contribution in [0.4, 0.5) is 0 Å². The van der Waals surface area contributed by atoms with Crippen LogP contribution in [0.3, 0.4) is 0 Å². The molecule has 0 aliphatic heterocycles. The van der Waals surface area contributed by atoms with E-state index in [9.17, 15) is 19.2 Å². The minimum absolute atomic E-state index is 0.0658. The van der Waals surface area contributed by atoms with Crippen LogP contribution in [-0.4, -0.2) is 58.9 Å². The van der Waals surface area contributed by atoms with Gasteiger partial charge in [-0.3, -0.25) is 19.2 Å². The molecule has 0 spiro atoms. The highest BCUT2D eigenvalue weighted by Crippen LogP contribution is 2.46. The van der Waals surface area contributed by atoms with Crippen molar-refractivity contribution in [1.29, 1.82) is 0 Å². The van der Waals surface area contributed by atoms with Crippen molar-refractivity contribution >= 4 is 71.7 Å². The van der Waals surface area contributed by atoms with Crippen molar-refractivity contribution in [3.05, 3.63) is 68.1 Å². The summed E-state index contributed by atoms with van der Waals surface area (Å²) >= 11 is 10.8. The summed E-state index contributed by atoms with van der Waals surface area (Å²) < 4.78 is 27.2. The summed E-state index contributed by atoms with van der Waals surface area (Å²) in [6.07, 6.45) is 3.85. The molecule has 0 heterocycles. The number of carbonyl (C=O) groups excluding carboxylic acids is 4. The van der Waals surface area contributed by atoms with Gasteiger partial charge in [-0.15, -0.1) is 19.7 Å². The van der Waals surface area contributed by atoms with Crippen LogP contribution < -0.4 is 0 Å². The van der Waals surface area contributed by atoms with Crippen molar-refractivity contribution in [3.8, 4) is 0 Å². The van der Waals surface area contributed by atoms with Crippen molar-refractivity contribution in [2.45, 2.75) is 32.3 Å². The molecule has 1 aromatic rings. The molecule has 0 aliphatic carbocycles. The van der Waals surface area contributed by atoms with E-state index >= 15 is 0 Å². The predicted molar refractivity (Wildman–Crippen MR) is 159 cm³/mol. The number of hydrogen-bond acceptors (Lipinski definition) is 9. The molecule has 0 radical (unpaired) electrons. The number of benzene rings is 1. The second kappa shape index (κ2) is 16.2. The van der Waals surface area contributed by atoms with E-state index in [1.165, 1.54) is 40.6 Å². The first-order valence-corrected chi connectivity index (χ1v) is 14.2. The largest absolute Gasteiger partial charge is 0.468 e. The van der Waals surface area contributed by atoms with Crippen molar-refractivity contribution in [3.63, 3.8) is 0 Å². The van der Waals surface area contributed by atoms with Crippen LogP contribution in [0.2, 0.25) is 0 Å². The first kappa shape index (κ1) is 35.7. The van der Waals surface area contributed by atoms with Gasteiger partial charge in [0, 0.05) is 31.8 Å². The van der Waals surface area contributed by atoms with Gasteiger partial charge in [0.2, 0.25) is 0 Å². The fourth-order valence-corrected chi connectivity index (χ4v) is 7.11. The summed E-state index contributed by atoms with van der Waals surface area (Å²) in [7, 11) is 4.69. The average molecular weight is 753 g/mol. The summed E-state index contributed by atoms with van der Waals surface area (Å²) in [4.78, 5) is 52.4. The SMILES string of the molecule is C=CCOCc1c(Br)c(CC(CC=C)(C(=O)OC)C(=O)OC)c(Br)c(CC(CC=C)(C(=O)OC)C(=O)OC)c1Br. The van der Waals surface area contributed by atoms with E-state index in [0.29, 0.717) is 30.1 Å². The first-order chi connectivity index (χ1) is 18.9. The highest BCUT2D eigenvalue weighted by atomic mass is 79.9. The van der Waals surface area contributed by atoms with Gasteiger partial charge in [0.05, 0.1) is 41.7 Å². The molecule has 0 N–H and O–H groups in total. The lowest BCUT2D eigenvalue weighted by Crippen LogP contribution is -2.44. The monoisotopic (exact) mass is 750 g/mol. The molecule has 12 heteroatoms. The zero-order valence-electron chi connectivity index (χ0n) is 22.9. The first-order valence-electron chi connectivity index (χ1n) is 11.8. The van der Waals surface area contributed by atoms with Gasteiger partial charge in [-0.1, -0.05) is 66.0 Å². The van der Waals surface area contributed by atoms with Gasteiger partial charge in [-0.05, 0) is 24.0 Å². The Bertz CT molecular complexity index is 1050. The number of carbonyl (C=O) groups is 4. The number of ether oxygens (including phenoxy) is 5. The molecule has 0 aromatic heterocycles. The molecule has 0 amide bonds. The lowest BCUT2D eigenvalue weighted by molar-refractivity contribution is -0.170. The third-order valence-electron chi connectivity index (χ3n) is 6.32. The maximum absolute atomic E-state index is 13.1. The Kier molecular flexibility index (Phi) is 14.5. The maximum atomic E-state index is 13.1. The van der Waals surface area contributed by atoms with Crippen LogP contribution in [0.1, 0.15) is 29.5 Å². The van der Waals surface area contributed by atoms with Gasteiger partial charge in [-0.25, -0.2) is 0 Å². The van der Waals surface area contributed by atoms with Crippen LogP contribution in [0, 0.1) is 10.8 Å². The zero-order chi connectivity index (χ0) is 30.7. The molecular weight excluding hydrogens is 720 g/mol. The summed E-state index contributed by atoms with van der Waals surface area (Å²) in [5.41, 5.74) is -2.09. The number of methoxy groups -OCH3 is 4. The van der Waals surface area contributed by atoms with Gasteiger partial charge in [0.1, 0.15) is 0 Å². The Labute approximate surface area is 259 Å². The number of rotatable bonds is 16. The van der Waals surface area contributed by atoms with Crippen molar-refractivity contribution < 1.29 is 42.9 Å². The zero-order valence-corrected chi connectivity index (χ0v) is 27.7. The van der Waals surface area contributed by atoms with Crippen molar-refractivity contribution in [2.24, 2.45) is 10.8 Å². The number of esters is 4. The smallest absolute Gasteiger partial charge is 0.323 e. The van der Waals surface area contributed by atoms with E-state index in [4.69, 9.17) is 23.7 Å². The number of allylic oxidation sites excluding steroid dienone is 2. The fourth-order valence-electron chi connectivity index (χ4n) is 4.33. The molecule has 9 nitrogen and oxygen atoms in total. The molecule has 0 saturated heterocycles. The Balaban J connectivity index is 4.15. The Morgan fingerprint density at radius 1 is 0.625 bits per heavy atom. The molecule has 40 heavy (non-hydrogen) atoms. The van der Waals surface area contributed by atoms with Gasteiger partial charge in [-0.2, -0.15) is 0 Å². The number of hydrogen-bond donors (Lipinski definition) is 0. The standard InChI is InChI=1S/C28H33Br3O9/c1-8-11-27(23(32)36-4,24(33)37-5)14-17-20(29)18(22(31)19(21(17)30)16-40-13-10-3)15-28(12-9-2,25(34)38-6)26(35)39-7/h8-10H,1-3,11-16H2,4-7H3. The molecule has 0 saturated carbocycles. The summed E-state index contributed by atoms with van der Waals surface area (Å²) in [6.45, 7) is 11.4. The van der Waals surface area contributed by atoms with E-state index in [0.717, 1.165) is 0 Å². The molecule has 220 valence electrons. The molecular formula is C28H33Br3O9. The van der Waals surface area contributed by atoms with Crippen LogP contribution in [0.15, 0.2) is 51.4 Å². The second-order valence-corrected chi connectivity index (χ2v) is 11.0. The Morgan fingerprint density at radius 3 is 1.23 bits per heavy atom. The van der Waals surface area contributed by atoms with Crippen LogP contribution in [0.5, 0.6) is 0 Å². The fraction of sp³-hybridized carbons (Fsp3) is 0.429. The van der Waals surface area contributed by atoms with Crippen LogP contribution in [0.25, 0.3) is 0 Å². The van der Waals surface area contributed by atoms with E-state index in [1.54, 1.807) is 6.08 Å². The van der Waals surface area contributed by atoms with Gasteiger partial charge in [0.25, 0.3) is 0 Å². The quantitative estimate of drug-likeness (QED) is 0.0703. The minimum Gasteiger partial charge on any atom is -0.468 e. The molecule has 0 fully saturated rings. The summed E-state index contributed by atoms with van der Waals surface area (Å²) in [5.74, 6) is -3.29. The predicted octanol–water partition coefficient (Wildman–Crippen LogP) is 5.58. The topological polar surface area (TPSA) is 114 Å². The van der Waals surface area contributed by atoms with E-state index in [-0.39, 0.29) is 38.9 Å². The molecule has 0 aliphatic rings. The lowest BCUT2D eigenvalue weighted by Gasteiger charge is -2.31. The number of halogens is 3. The van der Waals surface area contributed by atoms with Crippen LogP contribution in [-0.2, 0) is 62.3 Å². The van der Waals surface area contributed by atoms with Gasteiger partial charge < -0.3 is 23.7 Å². The average Bonchev–Trinajstić information content (AvgIpc) is 2.96. The van der Waals surface area contributed by atoms with Gasteiger partial charge in [0.15, 0.2) is 10.8 Å². The Morgan fingerprint density at radius 2 is 0.950 bits per heavy atom. The normalized spacial score (nSPS) is 11.3. The summed E-state index contributed by atoms with van der Waals surface area (Å²) in [6, 6.07) is 0. The summed E-state index contributed by atoms with van der Waals surface area (Å²) in [5, 5.41) is 0. The highest BCUT2D eigenvalue weighted by Gasteiger charge is 2.51. The third-order valence-corrected chi connectivity index (χ3v) is 9.19. The molecule has 1 aromatic carbocycles. The molecule has 1 rings (SSSR count).